The van der Waals surface area contributed by atoms with Gasteiger partial charge in [0.25, 0.3) is 0 Å². The summed E-state index contributed by atoms with van der Waals surface area (Å²) in [6.07, 6.45) is 1.58. The summed E-state index contributed by atoms with van der Waals surface area (Å²) in [7, 11) is 0. The molecule has 7 nitrogen and oxygen atoms in total. The van der Waals surface area contributed by atoms with E-state index in [-0.39, 0.29) is 11.9 Å². The Bertz CT molecular complexity index is 1080. The smallest absolute Gasteiger partial charge is 0.230 e. The van der Waals surface area contributed by atoms with Gasteiger partial charge in [-0.1, -0.05) is 39.4 Å². The van der Waals surface area contributed by atoms with Gasteiger partial charge in [-0.25, -0.2) is 0 Å². The predicted octanol–water partition coefficient (Wildman–Crippen LogP) is 3.94. The first-order valence-electron chi connectivity index (χ1n) is 8.90. The standard InChI is InChI=1S/C19H17BrN4O3S/c20-13-5-3-12(4-6-13)15(23-7-10-26-11-8-23)16-18(25)24-19(28-16)21-17(22-24)14-2-1-9-27-14/h1-6,9,15,25H,7-8,10-11H2/t15-/m1/s1. The molecule has 4 heterocycles. The second kappa shape index (κ2) is 7.32. The molecule has 9 heteroatoms. The Labute approximate surface area is 173 Å². The maximum atomic E-state index is 11.0. The second-order valence-electron chi connectivity index (χ2n) is 6.50. The zero-order chi connectivity index (χ0) is 19.1. The average molecular weight is 461 g/mol. The number of aromatic hydroxyl groups is 1. The molecule has 1 aromatic carbocycles. The van der Waals surface area contributed by atoms with Crippen LogP contribution in [0.2, 0.25) is 0 Å². The third-order valence-electron chi connectivity index (χ3n) is 4.79. The van der Waals surface area contributed by atoms with E-state index in [2.05, 4.69) is 43.0 Å². The zero-order valence-electron chi connectivity index (χ0n) is 14.8. The minimum Gasteiger partial charge on any atom is -0.492 e. The molecule has 1 saturated heterocycles. The highest BCUT2D eigenvalue weighted by Crippen LogP contribution is 2.40. The summed E-state index contributed by atoms with van der Waals surface area (Å²) in [6, 6.07) is 11.7. The van der Waals surface area contributed by atoms with Crippen molar-refractivity contribution >= 4 is 32.2 Å². The number of halogens is 1. The van der Waals surface area contributed by atoms with Crippen molar-refractivity contribution in [3.63, 3.8) is 0 Å². The summed E-state index contributed by atoms with van der Waals surface area (Å²) in [5, 5.41) is 15.4. The normalized spacial score (nSPS) is 16.6. The van der Waals surface area contributed by atoms with Crippen molar-refractivity contribution < 1.29 is 14.3 Å². The minimum absolute atomic E-state index is 0.0856. The number of hydrogen-bond acceptors (Lipinski definition) is 7. The summed E-state index contributed by atoms with van der Waals surface area (Å²) in [5.74, 6) is 1.16. The Kier molecular flexibility index (Phi) is 4.67. The molecule has 0 unspecified atom stereocenters. The summed E-state index contributed by atoms with van der Waals surface area (Å²) in [4.78, 5) is 8.32. The van der Waals surface area contributed by atoms with Crippen LogP contribution in [0.4, 0.5) is 0 Å². The van der Waals surface area contributed by atoms with Gasteiger partial charge in [0.15, 0.2) is 5.76 Å². The summed E-state index contributed by atoms with van der Waals surface area (Å²) in [6.45, 7) is 2.95. The van der Waals surface area contributed by atoms with E-state index in [1.165, 1.54) is 15.9 Å². The molecule has 1 aliphatic rings. The van der Waals surface area contributed by atoms with Crippen molar-refractivity contribution in [3.8, 4) is 17.5 Å². The van der Waals surface area contributed by atoms with Crippen LogP contribution in [0.3, 0.4) is 0 Å². The number of fused-ring (bicyclic) bond motifs is 1. The van der Waals surface area contributed by atoms with Crippen LogP contribution >= 0.6 is 27.3 Å². The molecule has 144 valence electrons. The van der Waals surface area contributed by atoms with E-state index in [1.807, 2.05) is 12.1 Å². The molecule has 28 heavy (non-hydrogen) atoms. The number of furan rings is 1. The number of aromatic nitrogens is 3. The van der Waals surface area contributed by atoms with Gasteiger partial charge >= 0.3 is 0 Å². The van der Waals surface area contributed by atoms with Crippen LogP contribution in [0.5, 0.6) is 5.88 Å². The number of benzene rings is 1. The van der Waals surface area contributed by atoms with E-state index in [0.717, 1.165) is 28.0 Å². The topological polar surface area (TPSA) is 76.0 Å². The molecule has 4 aromatic rings. The first-order chi connectivity index (χ1) is 13.7. The van der Waals surface area contributed by atoms with Crippen LogP contribution in [-0.2, 0) is 4.74 Å². The number of thiazole rings is 1. The summed E-state index contributed by atoms with van der Waals surface area (Å²) >= 11 is 4.94. The van der Waals surface area contributed by atoms with Gasteiger partial charge in [-0.3, -0.25) is 4.90 Å². The lowest BCUT2D eigenvalue weighted by Crippen LogP contribution is -2.39. The molecule has 1 aliphatic heterocycles. The Morgan fingerprint density at radius 3 is 2.61 bits per heavy atom. The van der Waals surface area contributed by atoms with Gasteiger partial charge in [0.1, 0.15) is 0 Å². The van der Waals surface area contributed by atoms with Crippen LogP contribution in [-0.4, -0.2) is 50.9 Å². The fraction of sp³-hybridized carbons (Fsp3) is 0.263. The lowest BCUT2D eigenvalue weighted by atomic mass is 10.0. The lowest BCUT2D eigenvalue weighted by molar-refractivity contribution is 0.0241. The molecular weight excluding hydrogens is 444 g/mol. The number of morpholine rings is 1. The van der Waals surface area contributed by atoms with E-state index in [1.54, 1.807) is 18.4 Å². The molecule has 0 amide bonds. The molecule has 1 N–H and O–H groups in total. The molecule has 0 aliphatic carbocycles. The van der Waals surface area contributed by atoms with Crippen molar-refractivity contribution in [2.24, 2.45) is 0 Å². The first-order valence-corrected chi connectivity index (χ1v) is 10.5. The third kappa shape index (κ3) is 3.14. The van der Waals surface area contributed by atoms with Gasteiger partial charge in [0.2, 0.25) is 16.7 Å². The third-order valence-corrected chi connectivity index (χ3v) is 6.39. The Morgan fingerprint density at radius 2 is 1.93 bits per heavy atom. The SMILES string of the molecule is Oc1c([C@@H](c2ccc(Br)cc2)N2CCOCC2)sc2nc(-c3ccco3)nn12. The molecule has 0 radical (unpaired) electrons. The van der Waals surface area contributed by atoms with Crippen LogP contribution in [0.15, 0.2) is 51.6 Å². The van der Waals surface area contributed by atoms with Crippen molar-refractivity contribution in [1.29, 1.82) is 0 Å². The quantitative estimate of drug-likeness (QED) is 0.496. The van der Waals surface area contributed by atoms with Gasteiger partial charge in [-0.2, -0.15) is 9.50 Å². The van der Waals surface area contributed by atoms with Gasteiger partial charge in [0.05, 0.1) is 30.4 Å². The molecule has 1 atom stereocenters. The van der Waals surface area contributed by atoms with Gasteiger partial charge < -0.3 is 14.3 Å². The average Bonchev–Trinajstić information content (AvgIpc) is 3.43. The largest absolute Gasteiger partial charge is 0.492 e. The highest BCUT2D eigenvalue weighted by molar-refractivity contribution is 9.10. The molecule has 0 spiro atoms. The van der Waals surface area contributed by atoms with Crippen molar-refractivity contribution in [3.05, 3.63) is 57.6 Å². The first kappa shape index (κ1) is 17.9. The van der Waals surface area contributed by atoms with Crippen LogP contribution in [0.1, 0.15) is 16.5 Å². The van der Waals surface area contributed by atoms with Crippen molar-refractivity contribution in [1.82, 2.24) is 19.5 Å². The maximum Gasteiger partial charge on any atom is 0.230 e. The zero-order valence-corrected chi connectivity index (χ0v) is 17.2. The summed E-state index contributed by atoms with van der Waals surface area (Å²) < 4.78 is 13.4. The Morgan fingerprint density at radius 1 is 1.14 bits per heavy atom. The minimum atomic E-state index is -0.0856. The van der Waals surface area contributed by atoms with Crippen molar-refractivity contribution in [2.75, 3.05) is 26.3 Å². The Balaban J connectivity index is 1.59. The van der Waals surface area contributed by atoms with Crippen molar-refractivity contribution in [2.45, 2.75) is 6.04 Å². The van der Waals surface area contributed by atoms with Gasteiger partial charge in [0, 0.05) is 17.6 Å². The van der Waals surface area contributed by atoms with Crippen LogP contribution in [0.25, 0.3) is 16.5 Å². The maximum absolute atomic E-state index is 11.0. The fourth-order valence-electron chi connectivity index (χ4n) is 3.45. The van der Waals surface area contributed by atoms with Gasteiger partial charge in [-0.15, -0.1) is 5.10 Å². The van der Waals surface area contributed by atoms with E-state index >= 15 is 0 Å². The number of hydrogen-bond donors (Lipinski definition) is 1. The number of rotatable bonds is 4. The van der Waals surface area contributed by atoms with E-state index in [9.17, 15) is 5.11 Å². The van der Waals surface area contributed by atoms with Gasteiger partial charge in [-0.05, 0) is 29.8 Å². The predicted molar refractivity (Wildman–Crippen MR) is 109 cm³/mol. The second-order valence-corrected chi connectivity index (χ2v) is 8.42. The molecule has 3 aromatic heterocycles. The molecular formula is C19H17BrN4O3S. The summed E-state index contributed by atoms with van der Waals surface area (Å²) in [5.41, 5.74) is 1.11. The Hall–Kier alpha value is -2.20. The van der Waals surface area contributed by atoms with E-state index < -0.39 is 0 Å². The van der Waals surface area contributed by atoms with E-state index in [4.69, 9.17) is 9.15 Å². The molecule has 5 rings (SSSR count). The number of ether oxygens (including phenoxy) is 1. The number of nitrogens with zero attached hydrogens (tertiary/aromatic N) is 4. The van der Waals surface area contributed by atoms with Crippen LogP contribution in [0, 0.1) is 0 Å². The molecule has 0 bridgehead atoms. The molecule has 0 saturated carbocycles. The molecule has 1 fully saturated rings. The van der Waals surface area contributed by atoms with E-state index in [0.29, 0.717) is 29.8 Å². The lowest BCUT2D eigenvalue weighted by Gasteiger charge is -2.34. The fourth-order valence-corrected chi connectivity index (χ4v) is 4.83. The van der Waals surface area contributed by atoms with Crippen LogP contribution < -0.4 is 0 Å². The highest BCUT2D eigenvalue weighted by Gasteiger charge is 2.30. The monoisotopic (exact) mass is 460 g/mol. The highest BCUT2D eigenvalue weighted by atomic mass is 79.9.